The number of rotatable bonds is 8. The van der Waals surface area contributed by atoms with Crippen LogP contribution in [0.25, 0.3) is 11.5 Å². The summed E-state index contributed by atoms with van der Waals surface area (Å²) in [5.41, 5.74) is 0.601. The van der Waals surface area contributed by atoms with E-state index in [0.29, 0.717) is 49.1 Å². The first-order chi connectivity index (χ1) is 15.4. The third kappa shape index (κ3) is 4.51. The molecule has 0 fully saturated rings. The molecule has 4 rings (SSSR count). The number of nitrogens with zero attached hydrogens (tertiary/aromatic N) is 2. The van der Waals surface area contributed by atoms with Crippen molar-refractivity contribution in [1.82, 2.24) is 9.88 Å². The summed E-state index contributed by atoms with van der Waals surface area (Å²) in [5, 5.41) is 2.88. The van der Waals surface area contributed by atoms with Gasteiger partial charge in [0.1, 0.15) is 19.0 Å². The molecule has 1 aliphatic heterocycles. The lowest BCUT2D eigenvalue weighted by atomic mass is 10.2. The van der Waals surface area contributed by atoms with Gasteiger partial charge in [-0.05, 0) is 44.4 Å². The summed E-state index contributed by atoms with van der Waals surface area (Å²) in [4.78, 5) is 6.37. The molecule has 0 bridgehead atoms. The first kappa shape index (κ1) is 22.0. The molecule has 0 spiro atoms. The van der Waals surface area contributed by atoms with Gasteiger partial charge in [0.25, 0.3) is 0 Å². The molecule has 9 nitrogen and oxygen atoms in total. The van der Waals surface area contributed by atoms with Gasteiger partial charge in [0.15, 0.2) is 11.5 Å². The van der Waals surface area contributed by atoms with Crippen LogP contribution in [-0.4, -0.2) is 65.8 Å². The van der Waals surface area contributed by atoms with E-state index in [9.17, 15) is 8.42 Å². The number of ether oxygens (including phenoxy) is 3. The molecule has 0 aliphatic carbocycles. The highest BCUT2D eigenvalue weighted by molar-refractivity contribution is 7.91. The largest absolute Gasteiger partial charge is 0.497 e. The lowest BCUT2D eigenvalue weighted by Gasteiger charge is -2.18. The van der Waals surface area contributed by atoms with Gasteiger partial charge in [-0.2, -0.15) is 4.98 Å². The summed E-state index contributed by atoms with van der Waals surface area (Å²) in [6.07, 6.45) is 0. The zero-order valence-corrected chi connectivity index (χ0v) is 18.9. The van der Waals surface area contributed by atoms with Crippen molar-refractivity contribution in [1.29, 1.82) is 0 Å². The van der Waals surface area contributed by atoms with E-state index in [1.165, 1.54) is 12.1 Å². The number of hydrogen-bond donors (Lipinski definition) is 1. The summed E-state index contributed by atoms with van der Waals surface area (Å²) in [7, 11) is 1.41. The van der Waals surface area contributed by atoms with Gasteiger partial charge in [-0.1, -0.05) is 6.07 Å². The number of methoxy groups -OCH3 is 1. The number of likely N-dealkylation sites (N-methyl/N-ethyl adjacent to an activating group) is 1. The van der Waals surface area contributed by atoms with Gasteiger partial charge in [0, 0.05) is 24.7 Å². The maximum atomic E-state index is 13.5. The van der Waals surface area contributed by atoms with Gasteiger partial charge >= 0.3 is 0 Å². The van der Waals surface area contributed by atoms with Crippen molar-refractivity contribution < 1.29 is 27.0 Å². The molecule has 2 aromatic carbocycles. The molecular formula is C22H25N3O6S. The fourth-order valence-electron chi connectivity index (χ4n) is 3.18. The molecule has 0 unspecified atom stereocenters. The van der Waals surface area contributed by atoms with Crippen LogP contribution in [0.2, 0.25) is 0 Å². The second kappa shape index (κ2) is 9.09. The van der Waals surface area contributed by atoms with Gasteiger partial charge in [-0.25, -0.2) is 8.42 Å². The Kier molecular flexibility index (Phi) is 6.24. The van der Waals surface area contributed by atoms with E-state index in [1.54, 1.807) is 37.4 Å². The van der Waals surface area contributed by atoms with Crippen molar-refractivity contribution in [3.05, 3.63) is 42.5 Å². The molecule has 0 atom stereocenters. The Balaban J connectivity index is 1.75. The Hall–Kier alpha value is -3.24. The van der Waals surface area contributed by atoms with Crippen molar-refractivity contribution in [3.63, 3.8) is 0 Å². The van der Waals surface area contributed by atoms with E-state index < -0.39 is 9.84 Å². The van der Waals surface area contributed by atoms with Crippen LogP contribution in [0.5, 0.6) is 17.2 Å². The lowest BCUT2D eigenvalue weighted by Crippen LogP contribution is -2.21. The molecule has 0 saturated carbocycles. The smallest absolute Gasteiger partial charge is 0.233 e. The van der Waals surface area contributed by atoms with E-state index >= 15 is 0 Å². The maximum Gasteiger partial charge on any atom is 0.233 e. The van der Waals surface area contributed by atoms with E-state index in [0.717, 1.165) is 0 Å². The Morgan fingerprint density at radius 3 is 2.62 bits per heavy atom. The zero-order valence-electron chi connectivity index (χ0n) is 18.1. The van der Waals surface area contributed by atoms with Crippen LogP contribution < -0.4 is 19.5 Å². The van der Waals surface area contributed by atoms with E-state index in [1.807, 2.05) is 19.0 Å². The van der Waals surface area contributed by atoms with Crippen molar-refractivity contribution >= 4 is 15.7 Å². The highest BCUT2D eigenvalue weighted by Crippen LogP contribution is 2.37. The minimum absolute atomic E-state index is 0.0444. The van der Waals surface area contributed by atoms with Crippen LogP contribution in [0.3, 0.4) is 0 Å². The topological polar surface area (TPSA) is 103 Å². The number of aromatic nitrogens is 1. The Morgan fingerprint density at radius 2 is 1.88 bits per heavy atom. The monoisotopic (exact) mass is 459 g/mol. The van der Waals surface area contributed by atoms with Crippen molar-refractivity contribution in [2.45, 2.75) is 9.92 Å². The minimum Gasteiger partial charge on any atom is -0.497 e. The number of oxazole rings is 1. The van der Waals surface area contributed by atoms with E-state index in [2.05, 4.69) is 10.3 Å². The van der Waals surface area contributed by atoms with Crippen molar-refractivity contribution in [2.24, 2.45) is 0 Å². The minimum atomic E-state index is -4.00. The Labute approximate surface area is 186 Å². The summed E-state index contributed by atoms with van der Waals surface area (Å²) in [6.45, 7) is 1.94. The molecule has 10 heteroatoms. The molecule has 1 aliphatic rings. The normalized spacial score (nSPS) is 13.2. The first-order valence-corrected chi connectivity index (χ1v) is 11.6. The number of nitrogens with one attached hydrogen (secondary N) is 1. The summed E-state index contributed by atoms with van der Waals surface area (Å²) < 4.78 is 49.2. The highest BCUT2D eigenvalue weighted by atomic mass is 32.2. The predicted octanol–water partition coefficient (Wildman–Crippen LogP) is 2.93. The predicted molar refractivity (Wildman–Crippen MR) is 118 cm³/mol. The third-order valence-corrected chi connectivity index (χ3v) is 6.50. The van der Waals surface area contributed by atoms with Crippen LogP contribution >= 0.6 is 0 Å². The average Bonchev–Trinajstić information content (AvgIpc) is 3.23. The van der Waals surface area contributed by atoms with Crippen LogP contribution in [-0.2, 0) is 9.84 Å². The molecule has 0 radical (unpaired) electrons. The molecule has 2 heterocycles. The van der Waals surface area contributed by atoms with E-state index in [4.69, 9.17) is 18.6 Å². The number of anilines is 1. The van der Waals surface area contributed by atoms with Gasteiger partial charge in [0.05, 0.1) is 12.0 Å². The summed E-state index contributed by atoms with van der Waals surface area (Å²) in [6, 6.07) is 11.6. The van der Waals surface area contributed by atoms with Crippen LogP contribution in [0, 0.1) is 0 Å². The number of sulfone groups is 1. The highest BCUT2D eigenvalue weighted by Gasteiger charge is 2.30. The summed E-state index contributed by atoms with van der Waals surface area (Å²) in [5.74, 6) is 1.76. The molecule has 0 saturated heterocycles. The average molecular weight is 460 g/mol. The lowest BCUT2D eigenvalue weighted by molar-refractivity contribution is 0.171. The molecule has 1 N–H and O–H groups in total. The number of hydrogen-bond acceptors (Lipinski definition) is 9. The molecule has 32 heavy (non-hydrogen) atoms. The second-order valence-electron chi connectivity index (χ2n) is 7.42. The third-order valence-electron chi connectivity index (χ3n) is 4.84. The van der Waals surface area contributed by atoms with Gasteiger partial charge < -0.3 is 28.8 Å². The van der Waals surface area contributed by atoms with Crippen LogP contribution in [0.1, 0.15) is 0 Å². The number of benzene rings is 2. The molecule has 0 amide bonds. The van der Waals surface area contributed by atoms with Crippen LogP contribution in [0.15, 0.2) is 56.8 Å². The fraction of sp³-hybridized carbons (Fsp3) is 0.318. The van der Waals surface area contributed by atoms with Crippen molar-refractivity contribution in [3.8, 4) is 28.7 Å². The first-order valence-electron chi connectivity index (χ1n) is 10.1. The fourth-order valence-corrected chi connectivity index (χ4v) is 4.47. The van der Waals surface area contributed by atoms with Gasteiger partial charge in [-0.3, -0.25) is 0 Å². The summed E-state index contributed by atoms with van der Waals surface area (Å²) >= 11 is 0. The molecule has 1 aromatic heterocycles. The van der Waals surface area contributed by atoms with Gasteiger partial charge in [0.2, 0.25) is 26.6 Å². The molecule has 170 valence electrons. The quantitative estimate of drug-likeness (QED) is 0.544. The standard InChI is InChI=1S/C22H25N3O6S/c1-25(2)10-9-23-21-22(24-20(31-21)15-5-4-6-16(13-15)28-3)32(26,27)17-7-8-18-19(14-17)30-12-11-29-18/h4-8,13-14,23H,9-12H2,1-3H3. The SMILES string of the molecule is COc1cccc(-c2nc(S(=O)(=O)c3ccc4c(c3)OCCO4)c(NCCN(C)C)o2)c1. The Bertz CT molecular complexity index is 1210. The van der Waals surface area contributed by atoms with Gasteiger partial charge in [-0.15, -0.1) is 0 Å². The number of fused-ring (bicyclic) bond motifs is 1. The Morgan fingerprint density at radius 1 is 1.09 bits per heavy atom. The zero-order chi connectivity index (χ0) is 22.7. The molecule has 3 aromatic rings. The van der Waals surface area contributed by atoms with E-state index in [-0.39, 0.29) is 21.7 Å². The molecular weight excluding hydrogens is 434 g/mol. The van der Waals surface area contributed by atoms with Crippen LogP contribution in [0.4, 0.5) is 5.88 Å². The second-order valence-corrected chi connectivity index (χ2v) is 9.29. The van der Waals surface area contributed by atoms with Crippen molar-refractivity contribution in [2.75, 3.05) is 52.8 Å². The maximum absolute atomic E-state index is 13.5.